The molecule has 32 heavy (non-hydrogen) atoms. The summed E-state index contributed by atoms with van der Waals surface area (Å²) >= 11 is 2.51. The van der Waals surface area contributed by atoms with Gasteiger partial charge in [-0.3, -0.25) is 14.2 Å². The van der Waals surface area contributed by atoms with Crippen LogP contribution in [0.2, 0.25) is 0 Å². The van der Waals surface area contributed by atoms with Crippen molar-refractivity contribution in [2.24, 2.45) is 0 Å². The summed E-state index contributed by atoms with van der Waals surface area (Å²) in [6.07, 6.45) is 0. The Kier molecular flexibility index (Phi) is 6.87. The SMILES string of the molecule is CCOc1ccc(NC(=O)CSc2nc3ccsc3c(=O)n2Cc2ccc(F)cc2)cc1. The predicted octanol–water partition coefficient (Wildman–Crippen LogP) is 4.77. The number of thiophene rings is 1. The molecule has 0 aliphatic carbocycles. The van der Waals surface area contributed by atoms with Crippen molar-refractivity contribution < 1.29 is 13.9 Å². The molecule has 9 heteroatoms. The standard InChI is InChI=1S/C23H20FN3O3S2/c1-2-30-18-9-7-17(8-10-18)25-20(28)14-32-23-26-19-11-12-31-21(19)22(29)27(23)13-15-3-5-16(24)6-4-15/h3-12H,2,13-14H2,1H3,(H,25,28). The lowest BCUT2D eigenvalue weighted by Gasteiger charge is -2.12. The lowest BCUT2D eigenvalue weighted by Crippen LogP contribution is -2.24. The van der Waals surface area contributed by atoms with Crippen LogP contribution in [-0.2, 0) is 11.3 Å². The zero-order valence-electron chi connectivity index (χ0n) is 17.2. The molecule has 1 amide bonds. The smallest absolute Gasteiger partial charge is 0.272 e. The lowest BCUT2D eigenvalue weighted by molar-refractivity contribution is -0.113. The summed E-state index contributed by atoms with van der Waals surface area (Å²) in [6, 6.07) is 14.9. The van der Waals surface area contributed by atoms with Crippen LogP contribution in [0, 0.1) is 5.82 Å². The van der Waals surface area contributed by atoms with E-state index in [1.807, 2.05) is 12.3 Å². The number of hydrogen-bond acceptors (Lipinski definition) is 6. The summed E-state index contributed by atoms with van der Waals surface area (Å²) in [7, 11) is 0. The number of ether oxygens (including phenoxy) is 1. The minimum Gasteiger partial charge on any atom is -0.494 e. The lowest BCUT2D eigenvalue weighted by atomic mass is 10.2. The Morgan fingerprint density at radius 2 is 1.91 bits per heavy atom. The molecule has 0 spiro atoms. The Hall–Kier alpha value is -3.17. The molecule has 0 saturated heterocycles. The van der Waals surface area contributed by atoms with E-state index in [4.69, 9.17) is 4.74 Å². The third-order valence-corrected chi connectivity index (χ3v) is 6.43. The van der Waals surface area contributed by atoms with Gasteiger partial charge < -0.3 is 10.1 Å². The van der Waals surface area contributed by atoms with Crippen LogP contribution in [0.25, 0.3) is 10.2 Å². The van der Waals surface area contributed by atoms with Crippen LogP contribution in [0.4, 0.5) is 10.1 Å². The average molecular weight is 470 g/mol. The van der Waals surface area contributed by atoms with Gasteiger partial charge in [-0.25, -0.2) is 9.37 Å². The number of rotatable bonds is 8. The number of nitrogens with one attached hydrogen (secondary N) is 1. The molecule has 0 aliphatic heterocycles. The highest BCUT2D eigenvalue weighted by Gasteiger charge is 2.15. The van der Waals surface area contributed by atoms with Gasteiger partial charge in [0.05, 0.1) is 24.4 Å². The molecular formula is C23H20FN3O3S2. The molecule has 4 rings (SSSR count). The molecule has 0 bridgehead atoms. The first kappa shape index (κ1) is 22.0. The molecule has 1 N–H and O–H groups in total. The number of nitrogens with zero attached hydrogens (tertiary/aromatic N) is 2. The normalized spacial score (nSPS) is 10.9. The minimum atomic E-state index is -0.339. The molecule has 0 aliphatic rings. The monoisotopic (exact) mass is 469 g/mol. The third kappa shape index (κ3) is 5.17. The summed E-state index contributed by atoms with van der Waals surface area (Å²) in [5, 5.41) is 5.08. The van der Waals surface area contributed by atoms with Crippen molar-refractivity contribution in [2.75, 3.05) is 17.7 Å². The number of thioether (sulfide) groups is 1. The van der Waals surface area contributed by atoms with Gasteiger partial charge in [0.2, 0.25) is 5.91 Å². The van der Waals surface area contributed by atoms with E-state index in [2.05, 4.69) is 10.3 Å². The number of hydrogen-bond donors (Lipinski definition) is 1. The van der Waals surface area contributed by atoms with Crippen molar-refractivity contribution in [1.82, 2.24) is 9.55 Å². The molecule has 2 aromatic carbocycles. The number of amides is 1. The first-order valence-corrected chi connectivity index (χ1v) is 11.8. The van der Waals surface area contributed by atoms with E-state index < -0.39 is 0 Å². The fraction of sp³-hybridized carbons (Fsp3) is 0.174. The zero-order chi connectivity index (χ0) is 22.5. The highest BCUT2D eigenvalue weighted by atomic mass is 32.2. The minimum absolute atomic E-state index is 0.0821. The Morgan fingerprint density at radius 3 is 2.62 bits per heavy atom. The van der Waals surface area contributed by atoms with Gasteiger partial charge in [-0.15, -0.1) is 11.3 Å². The number of benzene rings is 2. The maximum Gasteiger partial charge on any atom is 0.272 e. The van der Waals surface area contributed by atoms with E-state index in [1.54, 1.807) is 42.5 Å². The van der Waals surface area contributed by atoms with Crippen LogP contribution in [-0.4, -0.2) is 27.8 Å². The van der Waals surface area contributed by atoms with Crippen molar-refractivity contribution >= 4 is 44.9 Å². The number of fused-ring (bicyclic) bond motifs is 1. The number of anilines is 1. The second-order valence-electron chi connectivity index (χ2n) is 6.84. The summed E-state index contributed by atoms with van der Waals surface area (Å²) in [4.78, 5) is 30.1. The zero-order valence-corrected chi connectivity index (χ0v) is 18.8. The predicted molar refractivity (Wildman–Crippen MR) is 126 cm³/mol. The van der Waals surface area contributed by atoms with E-state index in [-0.39, 0.29) is 29.6 Å². The van der Waals surface area contributed by atoms with E-state index in [0.29, 0.717) is 27.7 Å². The fourth-order valence-corrected chi connectivity index (χ4v) is 4.65. The second kappa shape index (κ2) is 9.97. The molecular weight excluding hydrogens is 449 g/mol. The van der Waals surface area contributed by atoms with Crippen molar-refractivity contribution in [3.05, 3.63) is 81.7 Å². The second-order valence-corrected chi connectivity index (χ2v) is 8.70. The van der Waals surface area contributed by atoms with Crippen molar-refractivity contribution in [3.8, 4) is 5.75 Å². The molecule has 0 atom stereocenters. The number of carbonyl (C=O) groups excluding carboxylic acids is 1. The van der Waals surface area contributed by atoms with E-state index in [1.165, 1.54) is 39.8 Å². The van der Waals surface area contributed by atoms with Crippen LogP contribution >= 0.6 is 23.1 Å². The van der Waals surface area contributed by atoms with Gasteiger partial charge in [-0.1, -0.05) is 23.9 Å². The maximum absolute atomic E-state index is 13.3. The number of aromatic nitrogens is 2. The van der Waals surface area contributed by atoms with Crippen LogP contribution in [0.1, 0.15) is 12.5 Å². The number of halogens is 1. The van der Waals surface area contributed by atoms with Gasteiger partial charge in [0.25, 0.3) is 5.56 Å². The van der Waals surface area contributed by atoms with Crippen molar-refractivity contribution in [1.29, 1.82) is 0 Å². The summed E-state index contributed by atoms with van der Waals surface area (Å²) in [6.45, 7) is 2.72. The highest BCUT2D eigenvalue weighted by Crippen LogP contribution is 2.22. The summed E-state index contributed by atoms with van der Waals surface area (Å²) < 4.78 is 20.7. The Labute approximate surface area is 192 Å². The topological polar surface area (TPSA) is 73.2 Å². The summed E-state index contributed by atoms with van der Waals surface area (Å²) in [5.41, 5.74) is 1.85. The van der Waals surface area contributed by atoms with Gasteiger partial charge in [0.1, 0.15) is 16.3 Å². The molecule has 4 aromatic rings. The quantitative estimate of drug-likeness (QED) is 0.297. The van der Waals surface area contributed by atoms with Gasteiger partial charge in [0.15, 0.2) is 5.16 Å². The van der Waals surface area contributed by atoms with E-state index >= 15 is 0 Å². The molecule has 164 valence electrons. The van der Waals surface area contributed by atoms with Gasteiger partial charge >= 0.3 is 0 Å². The van der Waals surface area contributed by atoms with Gasteiger partial charge in [-0.05, 0) is 60.3 Å². The van der Waals surface area contributed by atoms with Gasteiger partial charge in [-0.2, -0.15) is 0 Å². The molecule has 2 heterocycles. The third-order valence-electron chi connectivity index (χ3n) is 4.57. The van der Waals surface area contributed by atoms with E-state index in [9.17, 15) is 14.0 Å². The van der Waals surface area contributed by atoms with E-state index in [0.717, 1.165) is 11.3 Å². The van der Waals surface area contributed by atoms with Crippen LogP contribution in [0.3, 0.4) is 0 Å². The Balaban J connectivity index is 1.51. The first-order valence-electron chi connectivity index (χ1n) is 9.91. The Morgan fingerprint density at radius 1 is 1.16 bits per heavy atom. The number of carbonyl (C=O) groups is 1. The molecule has 0 unspecified atom stereocenters. The van der Waals surface area contributed by atoms with Crippen LogP contribution in [0.5, 0.6) is 5.75 Å². The molecule has 0 radical (unpaired) electrons. The van der Waals surface area contributed by atoms with Crippen LogP contribution in [0.15, 0.2) is 69.9 Å². The molecule has 2 aromatic heterocycles. The largest absolute Gasteiger partial charge is 0.494 e. The highest BCUT2D eigenvalue weighted by molar-refractivity contribution is 7.99. The average Bonchev–Trinajstić information content (AvgIpc) is 3.26. The molecule has 0 fully saturated rings. The summed E-state index contributed by atoms with van der Waals surface area (Å²) in [5.74, 6) is 0.261. The first-order chi connectivity index (χ1) is 15.5. The maximum atomic E-state index is 13.3. The van der Waals surface area contributed by atoms with Crippen LogP contribution < -0.4 is 15.6 Å². The van der Waals surface area contributed by atoms with Crippen molar-refractivity contribution in [2.45, 2.75) is 18.6 Å². The molecule has 0 saturated carbocycles. The van der Waals surface area contributed by atoms with Crippen molar-refractivity contribution in [3.63, 3.8) is 0 Å². The molecule has 6 nitrogen and oxygen atoms in total. The fourth-order valence-electron chi connectivity index (χ4n) is 3.07. The van der Waals surface area contributed by atoms with Gasteiger partial charge in [0, 0.05) is 5.69 Å². The Bertz CT molecular complexity index is 1280.